The van der Waals surface area contributed by atoms with Crippen molar-refractivity contribution in [3.05, 3.63) is 29.0 Å². The Morgan fingerprint density at radius 2 is 2.25 bits per heavy atom. The first-order valence-corrected chi connectivity index (χ1v) is 6.25. The lowest BCUT2D eigenvalue weighted by atomic mass is 10.0. The number of benzene rings is 1. The topological polar surface area (TPSA) is 38.9 Å². The second-order valence-electron chi connectivity index (χ2n) is 4.08. The van der Waals surface area contributed by atoms with Gasteiger partial charge in [-0.05, 0) is 24.1 Å². The molecule has 0 bridgehead atoms. The van der Waals surface area contributed by atoms with Crippen molar-refractivity contribution in [3.8, 4) is 0 Å². The summed E-state index contributed by atoms with van der Waals surface area (Å²) in [7, 11) is 0. The third-order valence-corrected chi connectivity index (χ3v) is 4.03. The molecule has 2 N–H and O–H groups in total. The van der Waals surface area contributed by atoms with Crippen molar-refractivity contribution in [2.45, 2.75) is 26.3 Å². The highest BCUT2D eigenvalue weighted by Crippen LogP contribution is 2.30. The Balaban J connectivity index is 2.39. The van der Waals surface area contributed by atoms with Crippen LogP contribution in [0, 0.1) is 11.7 Å². The Labute approximate surface area is 98.3 Å². The molecule has 2 atom stereocenters. The van der Waals surface area contributed by atoms with Crippen molar-refractivity contribution in [3.63, 3.8) is 0 Å². The van der Waals surface area contributed by atoms with Gasteiger partial charge in [-0.25, -0.2) is 9.37 Å². The van der Waals surface area contributed by atoms with E-state index in [1.807, 2.05) is 0 Å². The van der Waals surface area contributed by atoms with E-state index in [0.717, 1.165) is 21.6 Å². The van der Waals surface area contributed by atoms with Gasteiger partial charge in [0.1, 0.15) is 10.8 Å². The van der Waals surface area contributed by atoms with E-state index in [-0.39, 0.29) is 11.9 Å². The summed E-state index contributed by atoms with van der Waals surface area (Å²) in [5.41, 5.74) is 6.94. The molecule has 4 heteroatoms. The van der Waals surface area contributed by atoms with Crippen LogP contribution in [-0.4, -0.2) is 4.98 Å². The average Bonchev–Trinajstić information content (AvgIpc) is 2.69. The van der Waals surface area contributed by atoms with E-state index in [4.69, 9.17) is 5.73 Å². The lowest BCUT2D eigenvalue weighted by molar-refractivity contribution is 0.456. The molecule has 86 valence electrons. The van der Waals surface area contributed by atoms with Crippen LogP contribution in [0.25, 0.3) is 10.2 Å². The Morgan fingerprint density at radius 3 is 2.94 bits per heavy atom. The van der Waals surface area contributed by atoms with Gasteiger partial charge in [0, 0.05) is 0 Å². The van der Waals surface area contributed by atoms with Crippen LogP contribution >= 0.6 is 11.3 Å². The molecule has 0 radical (unpaired) electrons. The molecule has 0 spiro atoms. The smallest absolute Gasteiger partial charge is 0.124 e. The average molecular weight is 238 g/mol. The number of thiazole rings is 1. The summed E-state index contributed by atoms with van der Waals surface area (Å²) in [6.07, 6.45) is 1.02. The number of nitrogens with two attached hydrogens (primary N) is 1. The minimum absolute atomic E-state index is 0.0505. The van der Waals surface area contributed by atoms with Crippen LogP contribution in [0.15, 0.2) is 18.2 Å². The summed E-state index contributed by atoms with van der Waals surface area (Å²) in [5, 5.41) is 0.898. The fourth-order valence-electron chi connectivity index (χ4n) is 1.56. The fourth-order valence-corrected chi connectivity index (χ4v) is 2.68. The lowest BCUT2D eigenvalue weighted by Gasteiger charge is -2.14. The quantitative estimate of drug-likeness (QED) is 0.889. The highest BCUT2D eigenvalue weighted by atomic mass is 32.1. The first kappa shape index (κ1) is 11.5. The Hall–Kier alpha value is -1.000. The summed E-state index contributed by atoms with van der Waals surface area (Å²) in [6.45, 7) is 4.22. The molecule has 0 aliphatic rings. The highest BCUT2D eigenvalue weighted by Gasteiger charge is 2.17. The van der Waals surface area contributed by atoms with Crippen LogP contribution in [-0.2, 0) is 0 Å². The summed E-state index contributed by atoms with van der Waals surface area (Å²) < 4.78 is 13.9. The Bertz CT molecular complexity index is 495. The minimum Gasteiger partial charge on any atom is -0.322 e. The van der Waals surface area contributed by atoms with Gasteiger partial charge < -0.3 is 5.73 Å². The van der Waals surface area contributed by atoms with Crippen LogP contribution in [0.2, 0.25) is 0 Å². The molecule has 1 heterocycles. The Kier molecular flexibility index (Phi) is 3.21. The maximum atomic E-state index is 13.0. The molecule has 1 aromatic carbocycles. The molecule has 0 amide bonds. The van der Waals surface area contributed by atoms with Crippen molar-refractivity contribution in [2.75, 3.05) is 0 Å². The van der Waals surface area contributed by atoms with Gasteiger partial charge in [-0.2, -0.15) is 0 Å². The van der Waals surface area contributed by atoms with E-state index in [2.05, 4.69) is 18.8 Å². The molecule has 0 saturated heterocycles. The number of hydrogen-bond acceptors (Lipinski definition) is 3. The second kappa shape index (κ2) is 4.47. The third kappa shape index (κ3) is 2.08. The number of nitrogens with zero attached hydrogens (tertiary/aromatic N) is 1. The highest BCUT2D eigenvalue weighted by molar-refractivity contribution is 7.18. The van der Waals surface area contributed by atoms with Crippen LogP contribution in [0.4, 0.5) is 4.39 Å². The zero-order valence-corrected chi connectivity index (χ0v) is 10.2. The number of aromatic nitrogens is 1. The van der Waals surface area contributed by atoms with Gasteiger partial charge >= 0.3 is 0 Å². The number of hydrogen-bond donors (Lipinski definition) is 1. The molecule has 0 aliphatic heterocycles. The van der Waals surface area contributed by atoms with Gasteiger partial charge in [0.05, 0.1) is 16.3 Å². The van der Waals surface area contributed by atoms with Gasteiger partial charge in [0.25, 0.3) is 0 Å². The molecule has 1 aromatic heterocycles. The monoisotopic (exact) mass is 238 g/mol. The van der Waals surface area contributed by atoms with Gasteiger partial charge in [-0.15, -0.1) is 11.3 Å². The lowest BCUT2D eigenvalue weighted by Crippen LogP contribution is -2.18. The molecule has 2 aromatic rings. The molecule has 2 unspecified atom stereocenters. The van der Waals surface area contributed by atoms with Gasteiger partial charge in [0.15, 0.2) is 0 Å². The van der Waals surface area contributed by atoms with E-state index in [9.17, 15) is 4.39 Å². The predicted octanol–water partition coefficient (Wildman–Crippen LogP) is 3.48. The molecule has 0 fully saturated rings. The van der Waals surface area contributed by atoms with Crippen LogP contribution in [0.3, 0.4) is 0 Å². The molecular formula is C12H15FN2S. The van der Waals surface area contributed by atoms with Crippen molar-refractivity contribution >= 4 is 21.6 Å². The maximum absolute atomic E-state index is 13.0. The van der Waals surface area contributed by atoms with Crippen LogP contribution in [0.1, 0.15) is 31.3 Å². The Morgan fingerprint density at radius 1 is 1.50 bits per heavy atom. The molecule has 0 saturated carbocycles. The first-order chi connectivity index (χ1) is 7.61. The van der Waals surface area contributed by atoms with E-state index >= 15 is 0 Å². The molecular weight excluding hydrogens is 223 g/mol. The second-order valence-corrected chi connectivity index (χ2v) is 5.14. The molecule has 2 nitrogen and oxygen atoms in total. The first-order valence-electron chi connectivity index (χ1n) is 5.43. The van der Waals surface area contributed by atoms with Gasteiger partial charge in [-0.3, -0.25) is 0 Å². The fraction of sp³-hybridized carbons (Fsp3) is 0.417. The van der Waals surface area contributed by atoms with Crippen molar-refractivity contribution in [1.82, 2.24) is 4.98 Å². The molecule has 16 heavy (non-hydrogen) atoms. The standard InChI is InChI=1S/C12H15FN2S/c1-3-7(2)11(14)12-15-9-5-4-8(13)6-10(9)16-12/h4-7,11H,3,14H2,1-2H3. The summed E-state index contributed by atoms with van der Waals surface area (Å²) >= 11 is 1.49. The predicted molar refractivity (Wildman–Crippen MR) is 66.0 cm³/mol. The molecule has 2 rings (SSSR count). The maximum Gasteiger partial charge on any atom is 0.124 e. The van der Waals surface area contributed by atoms with E-state index < -0.39 is 0 Å². The zero-order valence-electron chi connectivity index (χ0n) is 9.40. The van der Waals surface area contributed by atoms with E-state index in [1.165, 1.54) is 23.5 Å². The van der Waals surface area contributed by atoms with Gasteiger partial charge in [-0.1, -0.05) is 20.3 Å². The summed E-state index contributed by atoms with van der Waals surface area (Å²) in [5.74, 6) is 0.172. The minimum atomic E-state index is -0.222. The third-order valence-electron chi connectivity index (χ3n) is 2.91. The summed E-state index contributed by atoms with van der Waals surface area (Å²) in [6, 6.07) is 4.60. The van der Waals surface area contributed by atoms with Crippen LogP contribution < -0.4 is 5.73 Å². The van der Waals surface area contributed by atoms with E-state index in [1.54, 1.807) is 6.07 Å². The van der Waals surface area contributed by atoms with Crippen molar-refractivity contribution in [2.24, 2.45) is 11.7 Å². The van der Waals surface area contributed by atoms with Crippen molar-refractivity contribution < 1.29 is 4.39 Å². The normalized spacial score (nSPS) is 15.2. The number of fused-ring (bicyclic) bond motifs is 1. The van der Waals surface area contributed by atoms with Crippen LogP contribution in [0.5, 0.6) is 0 Å². The zero-order chi connectivity index (χ0) is 11.7. The SMILES string of the molecule is CCC(C)C(N)c1nc2ccc(F)cc2s1. The molecule has 0 aliphatic carbocycles. The summed E-state index contributed by atoms with van der Waals surface area (Å²) in [4.78, 5) is 4.45. The largest absolute Gasteiger partial charge is 0.322 e. The number of halogens is 1. The number of rotatable bonds is 3. The van der Waals surface area contributed by atoms with E-state index in [0.29, 0.717) is 5.92 Å². The van der Waals surface area contributed by atoms with Crippen molar-refractivity contribution in [1.29, 1.82) is 0 Å². The van der Waals surface area contributed by atoms with Gasteiger partial charge in [0.2, 0.25) is 0 Å².